The molecule has 20 heavy (non-hydrogen) atoms. The van der Waals surface area contributed by atoms with Crippen LogP contribution in [0, 0.1) is 0 Å². The van der Waals surface area contributed by atoms with Gasteiger partial charge >= 0.3 is 0 Å². The molecule has 0 saturated carbocycles. The molecule has 0 amide bonds. The fourth-order valence-corrected chi connectivity index (χ4v) is 1.81. The average Bonchev–Trinajstić information content (AvgIpc) is 2.43. The van der Waals surface area contributed by atoms with Gasteiger partial charge in [-0.25, -0.2) is 4.98 Å². The van der Waals surface area contributed by atoms with Crippen molar-refractivity contribution < 1.29 is 0 Å². The second kappa shape index (κ2) is 8.55. The summed E-state index contributed by atoms with van der Waals surface area (Å²) in [6.45, 7) is 0.746. The van der Waals surface area contributed by atoms with E-state index in [-0.39, 0.29) is 12.4 Å². The highest BCUT2D eigenvalue weighted by Gasteiger charge is 1.96. The molecule has 2 aromatic rings. The van der Waals surface area contributed by atoms with Crippen molar-refractivity contribution in [3.8, 4) is 0 Å². The first kappa shape index (κ1) is 16.5. The van der Waals surface area contributed by atoms with Gasteiger partial charge in [-0.15, -0.1) is 12.4 Å². The van der Waals surface area contributed by atoms with Crippen molar-refractivity contribution in [2.24, 2.45) is 10.7 Å². The Bertz CT molecular complexity index is 543. The number of nitrogens with two attached hydrogens (primary N) is 1. The summed E-state index contributed by atoms with van der Waals surface area (Å²) in [4.78, 5) is 8.31. The molecule has 2 rings (SSSR count). The molecule has 1 aromatic carbocycles. The van der Waals surface area contributed by atoms with E-state index in [2.05, 4.69) is 43.4 Å². The molecular formula is C14H16BrClN4. The first-order valence-electron chi connectivity index (χ1n) is 5.97. The Balaban J connectivity index is 0.00000200. The standard InChI is InChI=1S/C14H15BrN4.ClH/c15-12-6-7-13(18-10-12)19-14(16)17-9-8-11-4-2-1-3-5-11;/h1-7,10H,8-9H2,(H3,16,17,18,19);1H. The number of aromatic nitrogens is 1. The lowest BCUT2D eigenvalue weighted by Crippen LogP contribution is -2.32. The lowest BCUT2D eigenvalue weighted by molar-refractivity contribution is 0.858. The topological polar surface area (TPSA) is 63.3 Å². The van der Waals surface area contributed by atoms with Gasteiger partial charge in [0.25, 0.3) is 0 Å². The van der Waals surface area contributed by atoms with Crippen LogP contribution in [-0.4, -0.2) is 17.5 Å². The van der Waals surface area contributed by atoms with E-state index in [9.17, 15) is 0 Å². The molecule has 4 nitrogen and oxygen atoms in total. The van der Waals surface area contributed by atoms with E-state index in [0.29, 0.717) is 11.8 Å². The van der Waals surface area contributed by atoms with Crippen LogP contribution >= 0.6 is 28.3 Å². The highest BCUT2D eigenvalue weighted by Crippen LogP contribution is 2.12. The molecule has 0 fully saturated rings. The van der Waals surface area contributed by atoms with E-state index in [0.717, 1.165) is 17.4 Å². The van der Waals surface area contributed by atoms with E-state index in [1.807, 2.05) is 24.3 Å². The molecule has 0 spiro atoms. The second-order valence-electron chi connectivity index (χ2n) is 3.99. The van der Waals surface area contributed by atoms with Crippen molar-refractivity contribution in [1.82, 2.24) is 10.3 Å². The number of nitrogens with zero attached hydrogens (tertiary/aromatic N) is 2. The predicted molar refractivity (Wildman–Crippen MR) is 88.6 cm³/mol. The van der Waals surface area contributed by atoms with Crippen molar-refractivity contribution in [2.75, 3.05) is 6.54 Å². The van der Waals surface area contributed by atoms with Gasteiger partial charge in [0.2, 0.25) is 0 Å². The molecule has 1 heterocycles. The molecule has 0 unspecified atom stereocenters. The van der Waals surface area contributed by atoms with Crippen molar-refractivity contribution in [3.05, 3.63) is 58.7 Å². The van der Waals surface area contributed by atoms with Gasteiger partial charge < -0.3 is 11.1 Å². The number of benzene rings is 1. The number of pyridine rings is 1. The molecule has 3 N–H and O–H groups in total. The molecule has 6 heteroatoms. The van der Waals surface area contributed by atoms with E-state index in [1.165, 1.54) is 5.56 Å². The molecule has 0 aliphatic carbocycles. The lowest BCUT2D eigenvalue weighted by atomic mass is 10.1. The van der Waals surface area contributed by atoms with Crippen LogP contribution in [-0.2, 0) is 6.42 Å². The fraction of sp³-hybridized carbons (Fsp3) is 0.143. The maximum absolute atomic E-state index is 5.80. The highest BCUT2D eigenvalue weighted by molar-refractivity contribution is 9.10. The minimum Gasteiger partial charge on any atom is -0.370 e. The third kappa shape index (κ3) is 5.59. The zero-order chi connectivity index (χ0) is 13.5. The first-order chi connectivity index (χ1) is 9.24. The van der Waals surface area contributed by atoms with Gasteiger partial charge in [-0.05, 0) is 40.0 Å². The van der Waals surface area contributed by atoms with E-state index in [4.69, 9.17) is 5.73 Å². The van der Waals surface area contributed by atoms with Crippen molar-refractivity contribution >= 4 is 40.1 Å². The largest absolute Gasteiger partial charge is 0.370 e. The van der Waals surface area contributed by atoms with Crippen LogP contribution in [0.3, 0.4) is 0 Å². The molecule has 106 valence electrons. The molecule has 0 aliphatic rings. The number of nitrogens with one attached hydrogen (secondary N) is 1. The van der Waals surface area contributed by atoms with Gasteiger partial charge in [-0.3, -0.25) is 0 Å². The van der Waals surface area contributed by atoms with Gasteiger partial charge in [-0.2, -0.15) is 4.99 Å². The first-order valence-corrected chi connectivity index (χ1v) is 6.77. The van der Waals surface area contributed by atoms with Gasteiger partial charge in [0, 0.05) is 17.2 Å². The second-order valence-corrected chi connectivity index (χ2v) is 4.91. The third-order valence-electron chi connectivity index (χ3n) is 2.51. The molecular weight excluding hydrogens is 340 g/mol. The number of halogens is 2. The van der Waals surface area contributed by atoms with Crippen LogP contribution < -0.4 is 11.1 Å². The molecule has 0 radical (unpaired) electrons. The fourth-order valence-electron chi connectivity index (χ4n) is 1.58. The summed E-state index contributed by atoms with van der Waals surface area (Å²) in [5.41, 5.74) is 7.06. The predicted octanol–water partition coefficient (Wildman–Crippen LogP) is 3.04. The molecule has 0 bridgehead atoms. The minimum atomic E-state index is 0. The Morgan fingerprint density at radius 2 is 1.95 bits per heavy atom. The summed E-state index contributed by atoms with van der Waals surface area (Å²) in [6.07, 6.45) is 2.60. The molecule has 0 saturated heterocycles. The zero-order valence-corrected chi connectivity index (χ0v) is 13.2. The van der Waals surface area contributed by atoms with Crippen molar-refractivity contribution in [3.63, 3.8) is 0 Å². The Kier molecular flexibility index (Phi) is 7.04. The van der Waals surface area contributed by atoms with E-state index in [1.54, 1.807) is 12.3 Å². The van der Waals surface area contributed by atoms with Gasteiger partial charge in [0.15, 0.2) is 11.8 Å². The van der Waals surface area contributed by atoms with Crippen LogP contribution in [0.25, 0.3) is 0 Å². The Hall–Kier alpha value is -1.59. The van der Waals surface area contributed by atoms with E-state index < -0.39 is 0 Å². The van der Waals surface area contributed by atoms with Crippen molar-refractivity contribution in [1.29, 1.82) is 0 Å². The quantitative estimate of drug-likeness (QED) is 0.654. The van der Waals surface area contributed by atoms with Crippen LogP contribution in [0.1, 0.15) is 5.56 Å². The summed E-state index contributed by atoms with van der Waals surface area (Å²) in [6, 6.07) is 13.9. The maximum Gasteiger partial charge on any atom is 0.195 e. The number of aliphatic imine (C=N–C) groups is 1. The van der Waals surface area contributed by atoms with Gasteiger partial charge in [0.1, 0.15) is 0 Å². The Labute approximate surface area is 133 Å². The smallest absolute Gasteiger partial charge is 0.195 e. The summed E-state index contributed by atoms with van der Waals surface area (Å²) in [5, 5.41) is 3.07. The lowest BCUT2D eigenvalue weighted by Gasteiger charge is -2.05. The monoisotopic (exact) mass is 354 g/mol. The molecule has 0 aliphatic heterocycles. The van der Waals surface area contributed by atoms with Crippen LogP contribution in [0.15, 0.2) is 58.1 Å². The Morgan fingerprint density at radius 3 is 2.60 bits per heavy atom. The zero-order valence-electron chi connectivity index (χ0n) is 10.8. The third-order valence-corrected chi connectivity index (χ3v) is 2.98. The number of rotatable bonds is 4. The highest BCUT2D eigenvalue weighted by atomic mass is 79.9. The number of hydrogen-bond acceptors (Lipinski definition) is 2. The van der Waals surface area contributed by atoms with Gasteiger partial charge in [0.05, 0.1) is 0 Å². The SMILES string of the molecule is Cl.NC(=Nc1ccc(Br)cn1)NCCc1ccccc1. The van der Waals surface area contributed by atoms with Crippen LogP contribution in [0.5, 0.6) is 0 Å². The van der Waals surface area contributed by atoms with Crippen LogP contribution in [0.4, 0.5) is 5.82 Å². The minimum absolute atomic E-state index is 0. The summed E-state index contributed by atoms with van der Waals surface area (Å²) < 4.78 is 0.919. The van der Waals surface area contributed by atoms with Crippen molar-refractivity contribution in [2.45, 2.75) is 6.42 Å². The van der Waals surface area contributed by atoms with Gasteiger partial charge in [-0.1, -0.05) is 30.3 Å². The summed E-state index contributed by atoms with van der Waals surface area (Å²) >= 11 is 3.32. The van der Waals surface area contributed by atoms with Crippen LogP contribution in [0.2, 0.25) is 0 Å². The summed E-state index contributed by atoms with van der Waals surface area (Å²) in [5.74, 6) is 0.971. The molecule has 1 aromatic heterocycles. The maximum atomic E-state index is 5.80. The van der Waals surface area contributed by atoms with E-state index >= 15 is 0 Å². The normalized spacial score (nSPS) is 10.8. The molecule has 0 atom stereocenters. The average molecular weight is 356 g/mol. The number of hydrogen-bond donors (Lipinski definition) is 2. The summed E-state index contributed by atoms with van der Waals surface area (Å²) in [7, 11) is 0. The number of guanidine groups is 1. The Morgan fingerprint density at radius 1 is 1.20 bits per heavy atom.